The van der Waals surface area contributed by atoms with E-state index in [1.807, 2.05) is 36.4 Å². The number of piperazine rings is 1. The van der Waals surface area contributed by atoms with Gasteiger partial charge in [0, 0.05) is 51.2 Å². The van der Waals surface area contributed by atoms with Crippen LogP contribution in [0.4, 0.5) is 0 Å². The average molecular weight is 410 g/mol. The smallest absolute Gasteiger partial charge is 0.241 e. The summed E-state index contributed by atoms with van der Waals surface area (Å²) in [4.78, 5) is 5.13. The van der Waals surface area contributed by atoms with Gasteiger partial charge < -0.3 is 0 Å². The summed E-state index contributed by atoms with van der Waals surface area (Å²) < 4.78 is 28.4. The Balaban J connectivity index is 1.28. The first kappa shape index (κ1) is 20.0. The lowest BCUT2D eigenvalue weighted by Gasteiger charge is -2.34. The number of hydrogen-bond acceptors (Lipinski definition) is 4. The quantitative estimate of drug-likeness (QED) is 0.652. The monoisotopic (exact) mass is 409 g/mol. The van der Waals surface area contributed by atoms with Crippen LogP contribution in [0.2, 0.25) is 0 Å². The minimum atomic E-state index is -3.53. The molecule has 0 bridgehead atoms. The number of fused-ring (bicyclic) bond motifs is 1. The predicted octanol–water partition coefficient (Wildman–Crippen LogP) is 2.94. The van der Waals surface area contributed by atoms with Crippen molar-refractivity contribution in [2.45, 2.75) is 11.4 Å². The van der Waals surface area contributed by atoms with Crippen molar-refractivity contribution in [1.82, 2.24) is 14.5 Å². The van der Waals surface area contributed by atoms with E-state index in [0.717, 1.165) is 50.0 Å². The zero-order valence-corrected chi connectivity index (χ0v) is 17.3. The van der Waals surface area contributed by atoms with E-state index in [1.54, 1.807) is 12.1 Å². The van der Waals surface area contributed by atoms with Gasteiger partial charge in [-0.2, -0.15) is 0 Å². The number of rotatable bonds is 7. The fourth-order valence-corrected chi connectivity index (χ4v) is 5.11. The second kappa shape index (κ2) is 9.05. The summed E-state index contributed by atoms with van der Waals surface area (Å²) in [5.74, 6) is 0. The fraction of sp³-hybridized carbons (Fsp3) is 0.304. The molecular weight excluding hydrogens is 382 g/mol. The van der Waals surface area contributed by atoms with E-state index in [0.29, 0.717) is 11.4 Å². The minimum Gasteiger partial charge on any atom is -0.299 e. The van der Waals surface area contributed by atoms with Crippen LogP contribution in [0.3, 0.4) is 0 Å². The number of nitrogens with one attached hydrogen (secondary N) is 1. The third kappa shape index (κ3) is 5.03. The Morgan fingerprint density at radius 2 is 1.41 bits per heavy atom. The van der Waals surface area contributed by atoms with Gasteiger partial charge in [0.15, 0.2) is 0 Å². The number of sulfonamides is 1. The van der Waals surface area contributed by atoms with E-state index in [-0.39, 0.29) is 0 Å². The second-order valence-electron chi connectivity index (χ2n) is 7.48. The molecule has 0 unspecified atom stereocenters. The summed E-state index contributed by atoms with van der Waals surface area (Å²) in [5, 5.41) is 1.70. The first-order valence-corrected chi connectivity index (χ1v) is 11.6. The molecule has 1 aliphatic rings. The van der Waals surface area contributed by atoms with Gasteiger partial charge in [0.05, 0.1) is 4.90 Å². The molecule has 0 radical (unpaired) electrons. The largest absolute Gasteiger partial charge is 0.299 e. The fourth-order valence-electron chi connectivity index (χ4n) is 3.86. The van der Waals surface area contributed by atoms with Crippen LogP contribution in [0, 0.1) is 0 Å². The Bertz CT molecular complexity index is 1040. The first-order chi connectivity index (χ1) is 14.1. The molecule has 152 valence electrons. The van der Waals surface area contributed by atoms with Gasteiger partial charge in [-0.05, 0) is 17.0 Å². The maximum atomic E-state index is 12.8. The molecule has 1 aliphatic heterocycles. The van der Waals surface area contributed by atoms with Gasteiger partial charge in [-0.1, -0.05) is 66.7 Å². The normalized spacial score (nSPS) is 16.3. The molecule has 3 aromatic rings. The van der Waals surface area contributed by atoms with Crippen molar-refractivity contribution in [3.63, 3.8) is 0 Å². The van der Waals surface area contributed by atoms with Crippen LogP contribution in [0.5, 0.6) is 0 Å². The van der Waals surface area contributed by atoms with Gasteiger partial charge in [-0.25, -0.2) is 13.1 Å². The van der Waals surface area contributed by atoms with E-state index in [4.69, 9.17) is 0 Å². The third-order valence-electron chi connectivity index (χ3n) is 5.47. The van der Waals surface area contributed by atoms with Gasteiger partial charge in [-0.3, -0.25) is 9.80 Å². The summed E-state index contributed by atoms with van der Waals surface area (Å²) in [6.45, 7) is 6.05. The molecule has 29 heavy (non-hydrogen) atoms. The van der Waals surface area contributed by atoms with Crippen LogP contribution >= 0.6 is 0 Å². The van der Waals surface area contributed by atoms with Crippen LogP contribution < -0.4 is 4.72 Å². The van der Waals surface area contributed by atoms with E-state index in [1.165, 1.54) is 5.56 Å². The van der Waals surface area contributed by atoms with Crippen molar-refractivity contribution in [1.29, 1.82) is 0 Å². The highest BCUT2D eigenvalue weighted by Crippen LogP contribution is 2.22. The number of hydrogen-bond donors (Lipinski definition) is 1. The van der Waals surface area contributed by atoms with Gasteiger partial charge in [-0.15, -0.1) is 0 Å². The van der Waals surface area contributed by atoms with E-state index < -0.39 is 10.0 Å². The van der Waals surface area contributed by atoms with Crippen molar-refractivity contribution < 1.29 is 8.42 Å². The molecular formula is C23H27N3O2S. The summed E-state index contributed by atoms with van der Waals surface area (Å²) >= 11 is 0. The van der Waals surface area contributed by atoms with Crippen LogP contribution in [-0.4, -0.2) is 57.5 Å². The highest BCUT2D eigenvalue weighted by molar-refractivity contribution is 7.89. The molecule has 6 heteroatoms. The molecule has 4 rings (SSSR count). The molecule has 1 saturated heterocycles. The highest BCUT2D eigenvalue weighted by atomic mass is 32.2. The first-order valence-electron chi connectivity index (χ1n) is 10.1. The number of nitrogens with zero attached hydrogens (tertiary/aromatic N) is 2. The lowest BCUT2D eigenvalue weighted by molar-refractivity contribution is 0.129. The zero-order valence-electron chi connectivity index (χ0n) is 16.5. The van der Waals surface area contributed by atoms with Crippen LogP contribution in [-0.2, 0) is 16.6 Å². The van der Waals surface area contributed by atoms with Crippen molar-refractivity contribution >= 4 is 20.8 Å². The van der Waals surface area contributed by atoms with Gasteiger partial charge in [0.1, 0.15) is 0 Å². The molecule has 0 amide bonds. The molecule has 0 aromatic heterocycles. The zero-order chi connectivity index (χ0) is 20.1. The standard InChI is InChI=1S/C23H27N3O2S/c27-29(28,23-12-6-10-21-9-4-5-11-22(21)23)24-13-14-25-15-17-26(18-16-25)19-20-7-2-1-3-8-20/h1-12,24H,13-19H2. The van der Waals surface area contributed by atoms with E-state index >= 15 is 0 Å². The highest BCUT2D eigenvalue weighted by Gasteiger charge is 2.19. The molecule has 1 N–H and O–H groups in total. The predicted molar refractivity (Wildman–Crippen MR) is 117 cm³/mol. The molecule has 5 nitrogen and oxygen atoms in total. The number of benzene rings is 3. The summed E-state index contributed by atoms with van der Waals surface area (Å²) in [6.07, 6.45) is 0. The molecule has 0 spiro atoms. The molecule has 1 fully saturated rings. The SMILES string of the molecule is O=S(=O)(NCCN1CCN(Cc2ccccc2)CC1)c1cccc2ccccc12. The maximum absolute atomic E-state index is 12.8. The molecule has 1 heterocycles. The minimum absolute atomic E-state index is 0.350. The Morgan fingerprint density at radius 1 is 0.759 bits per heavy atom. The van der Waals surface area contributed by atoms with Crippen molar-refractivity contribution in [2.75, 3.05) is 39.3 Å². The second-order valence-corrected chi connectivity index (χ2v) is 9.21. The van der Waals surface area contributed by atoms with Crippen molar-refractivity contribution in [3.05, 3.63) is 78.4 Å². The Labute approximate surface area is 173 Å². The van der Waals surface area contributed by atoms with E-state index in [9.17, 15) is 8.42 Å². The Hall–Kier alpha value is -2.25. The van der Waals surface area contributed by atoms with Crippen molar-refractivity contribution in [3.8, 4) is 0 Å². The van der Waals surface area contributed by atoms with Gasteiger partial charge in [0.25, 0.3) is 0 Å². The Morgan fingerprint density at radius 3 is 2.21 bits per heavy atom. The lowest BCUT2D eigenvalue weighted by atomic mass is 10.1. The molecule has 0 atom stereocenters. The van der Waals surface area contributed by atoms with Crippen molar-refractivity contribution in [2.24, 2.45) is 0 Å². The Kier molecular flexibility index (Phi) is 6.25. The van der Waals surface area contributed by atoms with Crippen LogP contribution in [0.25, 0.3) is 10.8 Å². The average Bonchev–Trinajstić information content (AvgIpc) is 2.75. The summed E-state index contributed by atoms with van der Waals surface area (Å²) in [5.41, 5.74) is 1.34. The van der Waals surface area contributed by atoms with Crippen LogP contribution in [0.15, 0.2) is 77.7 Å². The van der Waals surface area contributed by atoms with Gasteiger partial charge in [0.2, 0.25) is 10.0 Å². The van der Waals surface area contributed by atoms with Gasteiger partial charge >= 0.3 is 0 Å². The maximum Gasteiger partial charge on any atom is 0.241 e. The topological polar surface area (TPSA) is 52.7 Å². The van der Waals surface area contributed by atoms with Crippen LogP contribution in [0.1, 0.15) is 5.56 Å². The summed E-state index contributed by atoms with van der Waals surface area (Å²) in [7, 11) is -3.53. The summed E-state index contributed by atoms with van der Waals surface area (Å²) in [6, 6.07) is 23.5. The third-order valence-corrected chi connectivity index (χ3v) is 6.99. The molecule has 0 saturated carbocycles. The lowest BCUT2D eigenvalue weighted by Crippen LogP contribution is -2.48. The van der Waals surface area contributed by atoms with E-state index in [2.05, 4.69) is 38.8 Å². The molecule has 0 aliphatic carbocycles. The molecule has 3 aromatic carbocycles.